The van der Waals surface area contributed by atoms with E-state index in [9.17, 15) is 13.6 Å². The van der Waals surface area contributed by atoms with Crippen LogP contribution in [-0.2, 0) is 0 Å². The molecule has 1 aromatic carbocycles. The fourth-order valence-corrected chi connectivity index (χ4v) is 2.62. The van der Waals surface area contributed by atoms with Gasteiger partial charge >= 0.3 is 0 Å². The molecule has 0 N–H and O–H groups in total. The average molecular weight is 252 g/mol. The molecule has 0 unspecified atom stereocenters. The Hall–Kier alpha value is -1.25. The molecule has 0 bridgehead atoms. The lowest BCUT2D eigenvalue weighted by Crippen LogP contribution is -2.17. The topological polar surface area (TPSA) is 17.1 Å². The largest absolute Gasteiger partial charge is 0.294 e. The lowest BCUT2D eigenvalue weighted by Gasteiger charge is -2.18. The van der Waals surface area contributed by atoms with E-state index < -0.39 is 11.6 Å². The second-order valence-corrected chi connectivity index (χ2v) is 5.03. The first-order chi connectivity index (χ1) is 8.68. The van der Waals surface area contributed by atoms with Crippen LogP contribution in [0.2, 0.25) is 0 Å². The minimum atomic E-state index is -0.608. The first-order valence-corrected chi connectivity index (χ1v) is 6.68. The number of hydrogen-bond acceptors (Lipinski definition) is 1. The van der Waals surface area contributed by atoms with E-state index in [1.165, 1.54) is 6.42 Å². The number of Topliss-reactive ketones (excluding diaryl/α,β-unsaturated/α-hetero) is 1. The summed E-state index contributed by atoms with van der Waals surface area (Å²) in [5, 5.41) is 0. The molecule has 1 aliphatic rings. The molecular weight excluding hydrogens is 234 g/mol. The van der Waals surface area contributed by atoms with Gasteiger partial charge in [0.15, 0.2) is 5.78 Å². The van der Waals surface area contributed by atoms with Gasteiger partial charge in [0.25, 0.3) is 0 Å². The normalized spacial score (nSPS) is 18.1. The Kier molecular flexibility index (Phi) is 4.45. The van der Waals surface area contributed by atoms with E-state index in [1.807, 2.05) is 0 Å². The van der Waals surface area contributed by atoms with Crippen LogP contribution in [0.25, 0.3) is 0 Å². The van der Waals surface area contributed by atoms with Crippen molar-refractivity contribution in [1.82, 2.24) is 0 Å². The molecule has 0 aliphatic heterocycles. The number of rotatable bonds is 2. The molecule has 1 saturated carbocycles. The summed E-state index contributed by atoms with van der Waals surface area (Å²) >= 11 is 0. The van der Waals surface area contributed by atoms with E-state index in [0.29, 0.717) is 0 Å². The summed E-state index contributed by atoms with van der Waals surface area (Å²) in [5.41, 5.74) is -0.0828. The molecule has 2 rings (SSSR count). The van der Waals surface area contributed by atoms with Gasteiger partial charge in [-0.3, -0.25) is 4.79 Å². The zero-order valence-electron chi connectivity index (χ0n) is 10.4. The molecule has 0 amide bonds. The van der Waals surface area contributed by atoms with Gasteiger partial charge < -0.3 is 0 Å². The van der Waals surface area contributed by atoms with Crippen LogP contribution in [0, 0.1) is 17.6 Å². The molecule has 3 heteroatoms. The number of carbonyl (C=O) groups is 1. The molecule has 0 heterocycles. The van der Waals surface area contributed by atoms with Crippen LogP contribution < -0.4 is 0 Å². The van der Waals surface area contributed by atoms with Gasteiger partial charge in [-0.25, -0.2) is 8.78 Å². The number of halogens is 2. The van der Waals surface area contributed by atoms with Crippen LogP contribution >= 0.6 is 0 Å². The molecule has 1 fully saturated rings. The second kappa shape index (κ2) is 6.07. The van der Waals surface area contributed by atoms with Crippen molar-refractivity contribution in [2.75, 3.05) is 0 Å². The molecule has 98 valence electrons. The lowest BCUT2D eigenvalue weighted by atomic mass is 9.85. The van der Waals surface area contributed by atoms with Gasteiger partial charge in [-0.05, 0) is 31.0 Å². The van der Waals surface area contributed by atoms with Gasteiger partial charge in [0.2, 0.25) is 0 Å². The molecule has 0 radical (unpaired) electrons. The Bertz CT molecular complexity index is 421. The molecule has 0 atom stereocenters. The summed E-state index contributed by atoms with van der Waals surface area (Å²) in [4.78, 5) is 12.2. The Morgan fingerprint density at radius 1 is 1.00 bits per heavy atom. The van der Waals surface area contributed by atoms with E-state index >= 15 is 0 Å². The van der Waals surface area contributed by atoms with Gasteiger partial charge in [0, 0.05) is 5.92 Å². The molecule has 1 aromatic rings. The van der Waals surface area contributed by atoms with Gasteiger partial charge in [0.1, 0.15) is 11.6 Å². The zero-order chi connectivity index (χ0) is 13.0. The van der Waals surface area contributed by atoms with Gasteiger partial charge in [-0.2, -0.15) is 0 Å². The van der Waals surface area contributed by atoms with Crippen LogP contribution in [0.4, 0.5) is 8.78 Å². The van der Waals surface area contributed by atoms with Crippen LogP contribution in [0.1, 0.15) is 55.3 Å². The Balaban J connectivity index is 2.15. The smallest absolute Gasteiger partial charge is 0.168 e. The number of carbonyl (C=O) groups excluding carboxylic acids is 1. The molecule has 0 spiro atoms. The van der Waals surface area contributed by atoms with Gasteiger partial charge in [-0.15, -0.1) is 0 Å². The highest BCUT2D eigenvalue weighted by atomic mass is 19.1. The predicted molar refractivity (Wildman–Crippen MR) is 66.5 cm³/mol. The number of ketones is 1. The van der Waals surface area contributed by atoms with Crippen molar-refractivity contribution in [1.29, 1.82) is 0 Å². The van der Waals surface area contributed by atoms with Crippen molar-refractivity contribution in [2.45, 2.75) is 44.9 Å². The van der Waals surface area contributed by atoms with Crippen molar-refractivity contribution < 1.29 is 13.6 Å². The standard InChI is InChI=1S/C15H18F2O/c16-12-8-9-14(17)13(10-12)15(18)11-6-4-2-1-3-5-7-11/h8-11H,1-7H2. The number of hydrogen-bond donors (Lipinski definition) is 0. The van der Waals surface area contributed by atoms with Crippen molar-refractivity contribution in [2.24, 2.45) is 5.92 Å². The molecule has 18 heavy (non-hydrogen) atoms. The van der Waals surface area contributed by atoms with Crippen molar-refractivity contribution in [3.63, 3.8) is 0 Å². The monoisotopic (exact) mass is 252 g/mol. The maximum absolute atomic E-state index is 13.6. The highest BCUT2D eigenvalue weighted by Crippen LogP contribution is 2.26. The van der Waals surface area contributed by atoms with Crippen molar-refractivity contribution in [3.8, 4) is 0 Å². The van der Waals surface area contributed by atoms with E-state index in [2.05, 4.69) is 0 Å². The molecular formula is C15H18F2O. The first kappa shape index (κ1) is 13.2. The van der Waals surface area contributed by atoms with E-state index in [-0.39, 0.29) is 17.3 Å². The summed E-state index contributed by atoms with van der Waals surface area (Å²) in [7, 11) is 0. The van der Waals surface area contributed by atoms with Crippen LogP contribution in [0.3, 0.4) is 0 Å². The molecule has 1 nitrogen and oxygen atoms in total. The first-order valence-electron chi connectivity index (χ1n) is 6.68. The third-order valence-electron chi connectivity index (χ3n) is 3.67. The van der Waals surface area contributed by atoms with E-state index in [1.54, 1.807) is 0 Å². The van der Waals surface area contributed by atoms with Crippen molar-refractivity contribution in [3.05, 3.63) is 35.4 Å². The fraction of sp³-hybridized carbons (Fsp3) is 0.533. The maximum atomic E-state index is 13.6. The summed E-state index contributed by atoms with van der Waals surface area (Å²) in [6.07, 6.45) is 7.10. The van der Waals surface area contributed by atoms with Crippen LogP contribution in [0.5, 0.6) is 0 Å². The molecule has 0 aromatic heterocycles. The average Bonchev–Trinajstić information content (AvgIpc) is 2.31. The maximum Gasteiger partial charge on any atom is 0.168 e. The van der Waals surface area contributed by atoms with E-state index in [0.717, 1.165) is 56.7 Å². The Labute approximate surface area is 106 Å². The zero-order valence-corrected chi connectivity index (χ0v) is 10.4. The summed E-state index contributed by atoms with van der Waals surface area (Å²) < 4.78 is 26.7. The predicted octanol–water partition coefficient (Wildman–Crippen LogP) is 4.51. The highest BCUT2D eigenvalue weighted by molar-refractivity contribution is 5.98. The fourth-order valence-electron chi connectivity index (χ4n) is 2.62. The van der Waals surface area contributed by atoms with Gasteiger partial charge in [-0.1, -0.05) is 32.1 Å². The van der Waals surface area contributed by atoms with Crippen LogP contribution in [0.15, 0.2) is 18.2 Å². The third-order valence-corrected chi connectivity index (χ3v) is 3.67. The van der Waals surface area contributed by atoms with Crippen LogP contribution in [-0.4, -0.2) is 5.78 Å². The summed E-state index contributed by atoms with van der Waals surface area (Å²) in [5.74, 6) is -1.52. The van der Waals surface area contributed by atoms with Crippen molar-refractivity contribution >= 4 is 5.78 Å². The quantitative estimate of drug-likeness (QED) is 0.708. The summed E-state index contributed by atoms with van der Waals surface area (Å²) in [6, 6.07) is 3.10. The SMILES string of the molecule is O=C(c1cc(F)ccc1F)C1CCCCCCC1. The van der Waals surface area contributed by atoms with E-state index in [4.69, 9.17) is 0 Å². The number of benzene rings is 1. The Morgan fingerprint density at radius 2 is 1.61 bits per heavy atom. The van der Waals surface area contributed by atoms with Gasteiger partial charge in [0.05, 0.1) is 5.56 Å². The lowest BCUT2D eigenvalue weighted by molar-refractivity contribution is 0.0893. The minimum Gasteiger partial charge on any atom is -0.294 e. The molecule has 1 aliphatic carbocycles. The minimum absolute atomic E-state index is 0.0828. The summed E-state index contributed by atoms with van der Waals surface area (Å²) in [6.45, 7) is 0. The molecule has 0 saturated heterocycles. The highest BCUT2D eigenvalue weighted by Gasteiger charge is 2.23. The Morgan fingerprint density at radius 3 is 2.28 bits per heavy atom. The second-order valence-electron chi connectivity index (χ2n) is 5.03. The third kappa shape index (κ3) is 3.15.